The Bertz CT molecular complexity index is 274. The molecule has 1 rings (SSSR count). The Hall–Kier alpha value is -0.860. The Morgan fingerprint density at radius 2 is 2.00 bits per heavy atom. The third kappa shape index (κ3) is 3.17. The SMILES string of the molecule is N[C@H](Cc1ccccc1)C(=O)CCl. The lowest BCUT2D eigenvalue weighted by atomic mass is 10.0. The van der Waals surface area contributed by atoms with Gasteiger partial charge in [-0.05, 0) is 12.0 Å². The summed E-state index contributed by atoms with van der Waals surface area (Å²) in [4.78, 5) is 11.1. The van der Waals surface area contributed by atoms with E-state index in [2.05, 4.69) is 0 Å². The standard InChI is InChI=1S/C10H12ClNO/c11-7-10(13)9(12)6-8-4-2-1-3-5-8/h1-5,9H,6-7,12H2/t9-/m1/s1. The quantitative estimate of drug-likeness (QED) is 0.741. The van der Waals surface area contributed by atoms with Gasteiger partial charge < -0.3 is 5.73 Å². The van der Waals surface area contributed by atoms with Gasteiger partial charge in [-0.25, -0.2) is 0 Å². The van der Waals surface area contributed by atoms with Crippen LogP contribution in [0.15, 0.2) is 30.3 Å². The molecule has 0 saturated carbocycles. The van der Waals surface area contributed by atoms with E-state index in [0.717, 1.165) is 5.56 Å². The van der Waals surface area contributed by atoms with Crippen LogP contribution in [0.1, 0.15) is 5.56 Å². The average Bonchev–Trinajstić information content (AvgIpc) is 2.18. The second-order valence-corrected chi connectivity index (χ2v) is 3.16. The number of carbonyl (C=O) groups excluding carboxylic acids is 1. The first kappa shape index (κ1) is 10.2. The predicted molar refractivity (Wildman–Crippen MR) is 53.8 cm³/mol. The van der Waals surface area contributed by atoms with Crippen molar-refractivity contribution < 1.29 is 4.79 Å². The van der Waals surface area contributed by atoms with E-state index in [1.54, 1.807) is 0 Å². The second-order valence-electron chi connectivity index (χ2n) is 2.90. The first-order valence-electron chi connectivity index (χ1n) is 4.12. The first-order valence-corrected chi connectivity index (χ1v) is 4.65. The summed E-state index contributed by atoms with van der Waals surface area (Å²) in [7, 11) is 0. The summed E-state index contributed by atoms with van der Waals surface area (Å²) < 4.78 is 0. The van der Waals surface area contributed by atoms with E-state index < -0.39 is 6.04 Å². The molecular weight excluding hydrogens is 186 g/mol. The fourth-order valence-electron chi connectivity index (χ4n) is 1.08. The maximum absolute atomic E-state index is 11.1. The number of halogens is 1. The molecule has 0 spiro atoms. The van der Waals surface area contributed by atoms with Gasteiger partial charge in [-0.3, -0.25) is 4.79 Å². The van der Waals surface area contributed by atoms with Crippen LogP contribution in [-0.4, -0.2) is 17.7 Å². The van der Waals surface area contributed by atoms with Crippen molar-refractivity contribution in [3.63, 3.8) is 0 Å². The smallest absolute Gasteiger partial charge is 0.164 e. The molecule has 70 valence electrons. The Morgan fingerprint density at radius 3 is 2.54 bits per heavy atom. The topological polar surface area (TPSA) is 43.1 Å². The van der Waals surface area contributed by atoms with Crippen LogP contribution in [0.3, 0.4) is 0 Å². The van der Waals surface area contributed by atoms with E-state index in [4.69, 9.17) is 17.3 Å². The number of benzene rings is 1. The zero-order valence-electron chi connectivity index (χ0n) is 7.24. The predicted octanol–water partition coefficient (Wildman–Crippen LogP) is 1.36. The molecule has 0 aliphatic heterocycles. The Kier molecular flexibility index (Phi) is 3.93. The van der Waals surface area contributed by atoms with Gasteiger partial charge in [-0.1, -0.05) is 30.3 Å². The van der Waals surface area contributed by atoms with Crippen LogP contribution >= 0.6 is 11.6 Å². The Morgan fingerprint density at radius 1 is 1.38 bits per heavy atom. The monoisotopic (exact) mass is 197 g/mol. The molecule has 0 radical (unpaired) electrons. The van der Waals surface area contributed by atoms with Crippen LogP contribution < -0.4 is 5.73 Å². The van der Waals surface area contributed by atoms with E-state index in [1.807, 2.05) is 30.3 Å². The van der Waals surface area contributed by atoms with Gasteiger partial charge in [0.15, 0.2) is 5.78 Å². The minimum absolute atomic E-state index is 0.00595. The van der Waals surface area contributed by atoms with Crippen molar-refractivity contribution in [2.75, 3.05) is 5.88 Å². The van der Waals surface area contributed by atoms with Crippen molar-refractivity contribution >= 4 is 17.4 Å². The first-order chi connectivity index (χ1) is 6.24. The summed E-state index contributed by atoms with van der Waals surface area (Å²) in [6, 6.07) is 9.20. The molecule has 1 atom stereocenters. The van der Waals surface area contributed by atoms with Gasteiger partial charge in [0, 0.05) is 0 Å². The molecule has 0 saturated heterocycles. The molecule has 0 unspecified atom stereocenters. The lowest BCUT2D eigenvalue weighted by Gasteiger charge is -2.07. The van der Waals surface area contributed by atoms with Crippen molar-refractivity contribution in [2.24, 2.45) is 5.73 Å². The van der Waals surface area contributed by atoms with Gasteiger partial charge in [0.1, 0.15) is 0 Å². The lowest BCUT2D eigenvalue weighted by molar-refractivity contribution is -0.117. The zero-order valence-corrected chi connectivity index (χ0v) is 8.00. The van der Waals surface area contributed by atoms with Crippen LogP contribution in [0, 0.1) is 0 Å². The largest absolute Gasteiger partial charge is 0.321 e. The molecule has 2 nitrogen and oxygen atoms in total. The van der Waals surface area contributed by atoms with Crippen molar-refractivity contribution in [1.29, 1.82) is 0 Å². The number of carbonyl (C=O) groups is 1. The molecule has 2 N–H and O–H groups in total. The molecule has 3 heteroatoms. The van der Waals surface area contributed by atoms with Gasteiger partial charge in [0.05, 0.1) is 11.9 Å². The van der Waals surface area contributed by atoms with Gasteiger partial charge in [-0.15, -0.1) is 11.6 Å². The van der Waals surface area contributed by atoms with Gasteiger partial charge in [0.2, 0.25) is 0 Å². The molecule has 0 amide bonds. The van der Waals surface area contributed by atoms with Gasteiger partial charge in [-0.2, -0.15) is 0 Å². The number of rotatable bonds is 4. The summed E-state index contributed by atoms with van der Waals surface area (Å²) in [5.41, 5.74) is 6.69. The molecule has 0 aromatic heterocycles. The van der Waals surface area contributed by atoms with Crippen LogP contribution in [0.25, 0.3) is 0 Å². The Labute approximate surface area is 82.7 Å². The molecule has 0 bridgehead atoms. The summed E-state index contributed by atoms with van der Waals surface area (Å²) >= 11 is 5.38. The number of hydrogen-bond acceptors (Lipinski definition) is 2. The highest BCUT2D eigenvalue weighted by Crippen LogP contribution is 2.02. The van der Waals surface area contributed by atoms with Crippen LogP contribution in [0.4, 0.5) is 0 Å². The van der Waals surface area contributed by atoms with Crippen molar-refractivity contribution in [3.8, 4) is 0 Å². The second kappa shape index (κ2) is 5.00. The lowest BCUT2D eigenvalue weighted by Crippen LogP contribution is -2.33. The molecule has 0 fully saturated rings. The highest BCUT2D eigenvalue weighted by Gasteiger charge is 2.11. The minimum Gasteiger partial charge on any atom is -0.321 e. The maximum atomic E-state index is 11.1. The number of ketones is 1. The van der Waals surface area contributed by atoms with Crippen LogP contribution in [-0.2, 0) is 11.2 Å². The Balaban J connectivity index is 2.55. The maximum Gasteiger partial charge on any atom is 0.164 e. The molecule has 0 heterocycles. The summed E-state index contributed by atoms with van der Waals surface area (Å²) in [6.07, 6.45) is 0.562. The summed E-state index contributed by atoms with van der Waals surface area (Å²) in [6.45, 7) is 0. The number of alkyl halides is 1. The fourth-order valence-corrected chi connectivity index (χ4v) is 1.28. The van der Waals surface area contributed by atoms with Crippen LogP contribution in [0.5, 0.6) is 0 Å². The highest BCUT2D eigenvalue weighted by molar-refractivity contribution is 6.28. The van der Waals surface area contributed by atoms with Crippen LogP contribution in [0.2, 0.25) is 0 Å². The minimum atomic E-state index is -0.472. The fraction of sp³-hybridized carbons (Fsp3) is 0.300. The third-order valence-electron chi connectivity index (χ3n) is 1.84. The molecule has 0 aliphatic rings. The van der Waals surface area contributed by atoms with E-state index in [-0.39, 0.29) is 11.7 Å². The zero-order chi connectivity index (χ0) is 9.68. The molecule has 1 aromatic carbocycles. The van der Waals surface area contributed by atoms with Gasteiger partial charge >= 0.3 is 0 Å². The molecule has 0 aliphatic carbocycles. The van der Waals surface area contributed by atoms with E-state index in [0.29, 0.717) is 6.42 Å². The van der Waals surface area contributed by atoms with E-state index >= 15 is 0 Å². The van der Waals surface area contributed by atoms with E-state index in [1.165, 1.54) is 0 Å². The summed E-state index contributed by atoms with van der Waals surface area (Å²) in [5.74, 6) is -0.112. The molecule has 1 aromatic rings. The van der Waals surface area contributed by atoms with E-state index in [9.17, 15) is 4.79 Å². The van der Waals surface area contributed by atoms with Crippen molar-refractivity contribution in [2.45, 2.75) is 12.5 Å². The van der Waals surface area contributed by atoms with Gasteiger partial charge in [0.25, 0.3) is 0 Å². The molecular formula is C10H12ClNO. The average molecular weight is 198 g/mol. The van der Waals surface area contributed by atoms with Crippen molar-refractivity contribution in [1.82, 2.24) is 0 Å². The highest BCUT2D eigenvalue weighted by atomic mass is 35.5. The number of Topliss-reactive ketones (excluding diaryl/α,β-unsaturated/α-hetero) is 1. The number of nitrogens with two attached hydrogens (primary N) is 1. The normalized spacial score (nSPS) is 12.5. The number of hydrogen-bond donors (Lipinski definition) is 1. The third-order valence-corrected chi connectivity index (χ3v) is 2.11. The van der Waals surface area contributed by atoms with Crippen molar-refractivity contribution in [3.05, 3.63) is 35.9 Å². The molecule has 13 heavy (non-hydrogen) atoms. The summed E-state index contributed by atoms with van der Waals surface area (Å²) in [5, 5.41) is 0.